The minimum Gasteiger partial charge on any atom is -0.399 e. The molecule has 1 aromatic heterocycles. The molecule has 0 saturated carbocycles. The van der Waals surface area contributed by atoms with E-state index < -0.39 is 0 Å². The van der Waals surface area contributed by atoms with Gasteiger partial charge in [-0.2, -0.15) is 0 Å². The van der Waals surface area contributed by atoms with E-state index in [1.807, 2.05) is 36.4 Å². The van der Waals surface area contributed by atoms with Crippen molar-refractivity contribution < 1.29 is 4.79 Å². The number of nitrogens with two attached hydrogens (primary N) is 1. The van der Waals surface area contributed by atoms with Crippen LogP contribution >= 0.6 is 11.6 Å². The summed E-state index contributed by atoms with van der Waals surface area (Å²) in [5, 5.41) is 1.61. The van der Waals surface area contributed by atoms with E-state index in [1.165, 1.54) is 0 Å². The van der Waals surface area contributed by atoms with Gasteiger partial charge in [-0.3, -0.25) is 4.79 Å². The van der Waals surface area contributed by atoms with Crippen LogP contribution in [-0.2, 0) is 6.42 Å². The van der Waals surface area contributed by atoms with Crippen LogP contribution in [0.15, 0.2) is 42.5 Å². The molecular formula is C18H15ClN2O. The molecule has 0 spiro atoms. The van der Waals surface area contributed by atoms with Gasteiger partial charge >= 0.3 is 0 Å². The minimum absolute atomic E-state index is 0.225. The summed E-state index contributed by atoms with van der Waals surface area (Å²) >= 11 is 6.41. The molecule has 3 nitrogen and oxygen atoms in total. The van der Waals surface area contributed by atoms with Crippen molar-refractivity contribution in [3.8, 4) is 5.69 Å². The van der Waals surface area contributed by atoms with Gasteiger partial charge in [-0.05, 0) is 37.1 Å². The van der Waals surface area contributed by atoms with Crippen LogP contribution < -0.4 is 5.73 Å². The van der Waals surface area contributed by atoms with Crippen molar-refractivity contribution in [3.63, 3.8) is 0 Å². The van der Waals surface area contributed by atoms with Crippen LogP contribution in [0.5, 0.6) is 0 Å². The number of hydrogen-bond acceptors (Lipinski definition) is 2. The van der Waals surface area contributed by atoms with E-state index in [9.17, 15) is 4.79 Å². The maximum absolute atomic E-state index is 12.4. The SMILES string of the molecule is Nc1ccc(-n2c3c(c4ccccc42)C(=O)CCC3)c(Cl)c1. The molecule has 0 fully saturated rings. The van der Waals surface area contributed by atoms with Gasteiger partial charge in [-0.15, -0.1) is 0 Å². The number of anilines is 1. The first-order chi connectivity index (χ1) is 10.7. The molecule has 1 aliphatic rings. The van der Waals surface area contributed by atoms with Crippen LogP contribution in [-0.4, -0.2) is 10.4 Å². The predicted octanol–water partition coefficient (Wildman–Crippen LogP) is 4.39. The quantitative estimate of drug-likeness (QED) is 0.678. The van der Waals surface area contributed by atoms with E-state index in [0.717, 1.165) is 40.7 Å². The number of carbonyl (C=O) groups is 1. The maximum Gasteiger partial charge on any atom is 0.165 e. The summed E-state index contributed by atoms with van der Waals surface area (Å²) in [5.41, 5.74) is 10.3. The molecule has 0 saturated heterocycles. The fourth-order valence-electron chi connectivity index (χ4n) is 3.36. The normalized spacial score (nSPS) is 14.3. The number of fused-ring (bicyclic) bond motifs is 3. The van der Waals surface area contributed by atoms with Gasteiger partial charge in [0, 0.05) is 28.8 Å². The Labute approximate surface area is 133 Å². The zero-order valence-electron chi connectivity index (χ0n) is 12.0. The molecule has 0 amide bonds. The van der Waals surface area contributed by atoms with Gasteiger partial charge in [0.1, 0.15) is 0 Å². The Balaban J connectivity index is 2.12. The second-order valence-electron chi connectivity index (χ2n) is 5.66. The van der Waals surface area contributed by atoms with Crippen molar-refractivity contribution in [3.05, 3.63) is 58.7 Å². The van der Waals surface area contributed by atoms with Gasteiger partial charge in [0.2, 0.25) is 0 Å². The fourth-order valence-corrected chi connectivity index (χ4v) is 3.64. The molecule has 1 aliphatic carbocycles. The third kappa shape index (κ3) is 1.86. The number of Topliss-reactive ketones (excluding diaryl/α,β-unsaturated/α-hetero) is 1. The van der Waals surface area contributed by atoms with Crippen molar-refractivity contribution in [1.29, 1.82) is 0 Å². The lowest BCUT2D eigenvalue weighted by Crippen LogP contribution is -2.12. The summed E-state index contributed by atoms with van der Waals surface area (Å²) in [6.45, 7) is 0. The van der Waals surface area contributed by atoms with Gasteiger partial charge < -0.3 is 10.3 Å². The lowest BCUT2D eigenvalue weighted by molar-refractivity contribution is 0.0973. The molecular weight excluding hydrogens is 296 g/mol. The zero-order valence-corrected chi connectivity index (χ0v) is 12.7. The molecule has 0 unspecified atom stereocenters. The molecule has 4 heteroatoms. The molecule has 2 aromatic carbocycles. The maximum atomic E-state index is 12.4. The molecule has 3 aromatic rings. The third-order valence-corrected chi connectivity index (χ3v) is 4.58. The van der Waals surface area contributed by atoms with Crippen molar-refractivity contribution in [2.45, 2.75) is 19.3 Å². The summed E-state index contributed by atoms with van der Waals surface area (Å²) < 4.78 is 2.11. The average Bonchev–Trinajstić information content (AvgIpc) is 2.83. The highest BCUT2D eigenvalue weighted by molar-refractivity contribution is 6.32. The monoisotopic (exact) mass is 310 g/mol. The first-order valence-electron chi connectivity index (χ1n) is 7.38. The second kappa shape index (κ2) is 4.89. The highest BCUT2D eigenvalue weighted by atomic mass is 35.5. The number of aromatic nitrogens is 1. The summed E-state index contributed by atoms with van der Waals surface area (Å²) in [4.78, 5) is 12.4. The third-order valence-electron chi connectivity index (χ3n) is 4.28. The minimum atomic E-state index is 0.225. The first kappa shape index (κ1) is 13.4. The van der Waals surface area contributed by atoms with Crippen molar-refractivity contribution in [1.82, 2.24) is 4.57 Å². The van der Waals surface area contributed by atoms with Crippen LogP contribution in [0.3, 0.4) is 0 Å². The Morgan fingerprint density at radius 3 is 2.73 bits per heavy atom. The number of ketones is 1. The fraction of sp³-hybridized carbons (Fsp3) is 0.167. The Hall–Kier alpha value is -2.26. The summed E-state index contributed by atoms with van der Waals surface area (Å²) in [7, 11) is 0. The first-order valence-corrected chi connectivity index (χ1v) is 7.75. The Kier molecular flexibility index (Phi) is 2.98. The number of benzene rings is 2. The van der Waals surface area contributed by atoms with Crippen LogP contribution in [0.2, 0.25) is 5.02 Å². The Morgan fingerprint density at radius 2 is 1.91 bits per heavy atom. The molecule has 110 valence electrons. The van der Waals surface area contributed by atoms with E-state index in [1.54, 1.807) is 6.07 Å². The van der Waals surface area contributed by atoms with Gasteiger partial charge in [-0.25, -0.2) is 0 Å². The molecule has 0 bridgehead atoms. The van der Waals surface area contributed by atoms with Crippen LogP contribution in [0.25, 0.3) is 16.6 Å². The standard InChI is InChI=1S/C18H15ClN2O/c19-13-10-11(20)8-9-15(13)21-14-5-2-1-4-12(14)18-16(21)6-3-7-17(18)22/h1-2,4-5,8-10H,3,6-7,20H2. The number of nitrogen functional groups attached to an aromatic ring is 1. The predicted molar refractivity (Wildman–Crippen MR) is 90.0 cm³/mol. The molecule has 0 atom stereocenters. The number of nitrogens with zero attached hydrogens (tertiary/aromatic N) is 1. The number of carbonyl (C=O) groups excluding carboxylic acids is 1. The molecule has 22 heavy (non-hydrogen) atoms. The highest BCUT2D eigenvalue weighted by Crippen LogP contribution is 2.36. The summed E-state index contributed by atoms with van der Waals surface area (Å²) in [6, 6.07) is 13.5. The number of hydrogen-bond donors (Lipinski definition) is 1. The van der Waals surface area contributed by atoms with Crippen LogP contribution in [0.4, 0.5) is 5.69 Å². The molecule has 4 rings (SSSR count). The molecule has 2 N–H and O–H groups in total. The van der Waals surface area contributed by atoms with E-state index in [2.05, 4.69) is 4.57 Å². The molecule has 0 radical (unpaired) electrons. The topological polar surface area (TPSA) is 48.0 Å². The summed E-state index contributed by atoms with van der Waals surface area (Å²) in [5.74, 6) is 0.225. The van der Waals surface area contributed by atoms with Crippen LogP contribution in [0, 0.1) is 0 Å². The average molecular weight is 311 g/mol. The van der Waals surface area contributed by atoms with Gasteiger partial charge in [0.15, 0.2) is 5.78 Å². The van der Waals surface area contributed by atoms with E-state index in [0.29, 0.717) is 17.1 Å². The Morgan fingerprint density at radius 1 is 1.09 bits per heavy atom. The van der Waals surface area contributed by atoms with E-state index >= 15 is 0 Å². The van der Waals surface area contributed by atoms with Gasteiger partial charge in [0.25, 0.3) is 0 Å². The van der Waals surface area contributed by atoms with Gasteiger partial charge in [-0.1, -0.05) is 29.8 Å². The van der Waals surface area contributed by atoms with Crippen molar-refractivity contribution >= 4 is 34.0 Å². The van der Waals surface area contributed by atoms with E-state index in [4.69, 9.17) is 17.3 Å². The smallest absolute Gasteiger partial charge is 0.165 e. The van der Waals surface area contributed by atoms with Gasteiger partial charge in [0.05, 0.1) is 16.2 Å². The largest absolute Gasteiger partial charge is 0.399 e. The van der Waals surface area contributed by atoms with Crippen molar-refractivity contribution in [2.24, 2.45) is 0 Å². The second-order valence-corrected chi connectivity index (χ2v) is 6.07. The lowest BCUT2D eigenvalue weighted by atomic mass is 9.94. The number of halogens is 1. The Bertz CT molecular complexity index is 911. The van der Waals surface area contributed by atoms with E-state index in [-0.39, 0.29) is 5.78 Å². The number of rotatable bonds is 1. The lowest BCUT2D eigenvalue weighted by Gasteiger charge is -2.16. The highest BCUT2D eigenvalue weighted by Gasteiger charge is 2.26. The number of para-hydroxylation sites is 1. The van der Waals surface area contributed by atoms with Crippen molar-refractivity contribution in [2.75, 3.05) is 5.73 Å². The zero-order chi connectivity index (χ0) is 15.3. The van der Waals surface area contributed by atoms with Crippen LogP contribution in [0.1, 0.15) is 28.9 Å². The molecule has 0 aliphatic heterocycles. The molecule has 1 heterocycles. The summed E-state index contributed by atoms with van der Waals surface area (Å²) in [6.07, 6.45) is 2.39.